The second-order valence-corrected chi connectivity index (χ2v) is 4.40. The fraction of sp³-hybridized carbons (Fsp3) is 0.455. The lowest BCUT2D eigenvalue weighted by molar-refractivity contribution is -0.384. The van der Waals surface area contributed by atoms with Crippen LogP contribution >= 0.6 is 11.6 Å². The maximum Gasteiger partial charge on any atom is 0.269 e. The Morgan fingerprint density at radius 2 is 2.25 bits per heavy atom. The number of hydrogen-bond acceptors (Lipinski definition) is 3. The van der Waals surface area contributed by atoms with Crippen LogP contribution in [0.2, 0.25) is 5.02 Å². The van der Waals surface area contributed by atoms with Gasteiger partial charge in [-0.3, -0.25) is 10.1 Å². The number of nitrogens with zero attached hydrogens (tertiary/aromatic N) is 1. The lowest BCUT2D eigenvalue weighted by Gasteiger charge is -2.05. The summed E-state index contributed by atoms with van der Waals surface area (Å²) in [4.78, 5) is 10.1. The fourth-order valence-corrected chi connectivity index (χ4v) is 1.58. The van der Waals surface area contributed by atoms with Crippen molar-refractivity contribution >= 4 is 17.3 Å². The summed E-state index contributed by atoms with van der Waals surface area (Å²) in [6.45, 7) is 1.07. The number of non-ortho nitro benzene ring substituents is 1. The van der Waals surface area contributed by atoms with E-state index in [0.717, 1.165) is 6.61 Å². The van der Waals surface area contributed by atoms with E-state index in [9.17, 15) is 10.1 Å². The van der Waals surface area contributed by atoms with Crippen molar-refractivity contribution in [2.75, 3.05) is 6.61 Å². The Bertz CT molecular complexity index is 404. The van der Waals surface area contributed by atoms with Gasteiger partial charge < -0.3 is 4.74 Å². The molecule has 0 aliphatic heterocycles. The van der Waals surface area contributed by atoms with E-state index < -0.39 is 4.92 Å². The van der Waals surface area contributed by atoms with Crippen molar-refractivity contribution in [2.24, 2.45) is 5.92 Å². The molecular formula is C11H12ClNO3. The van der Waals surface area contributed by atoms with E-state index in [0.29, 0.717) is 23.1 Å². The first-order valence-corrected chi connectivity index (χ1v) is 5.55. The number of nitro groups is 1. The predicted octanol–water partition coefficient (Wildman–Crippen LogP) is 3.17. The second kappa shape index (κ2) is 4.80. The minimum atomic E-state index is -0.430. The van der Waals surface area contributed by atoms with Crippen molar-refractivity contribution in [3.8, 4) is 0 Å². The molecule has 0 atom stereocenters. The molecule has 1 fully saturated rings. The molecule has 0 spiro atoms. The number of hydrogen-bond donors (Lipinski definition) is 0. The van der Waals surface area contributed by atoms with Gasteiger partial charge in [-0.05, 0) is 24.8 Å². The van der Waals surface area contributed by atoms with E-state index in [1.54, 1.807) is 0 Å². The zero-order chi connectivity index (χ0) is 11.5. The predicted molar refractivity (Wildman–Crippen MR) is 60.5 cm³/mol. The van der Waals surface area contributed by atoms with Crippen LogP contribution < -0.4 is 0 Å². The topological polar surface area (TPSA) is 52.4 Å². The molecule has 0 radical (unpaired) electrons. The average Bonchev–Trinajstić information content (AvgIpc) is 3.04. The molecule has 86 valence electrons. The van der Waals surface area contributed by atoms with E-state index in [1.807, 2.05) is 0 Å². The van der Waals surface area contributed by atoms with Gasteiger partial charge >= 0.3 is 0 Å². The molecular weight excluding hydrogens is 230 g/mol. The molecule has 0 bridgehead atoms. The van der Waals surface area contributed by atoms with Gasteiger partial charge in [-0.1, -0.05) is 11.6 Å². The number of rotatable bonds is 5. The smallest absolute Gasteiger partial charge is 0.269 e. The first kappa shape index (κ1) is 11.4. The minimum absolute atomic E-state index is 0.0504. The SMILES string of the molecule is O=[N+]([O-])c1ccc(Cl)c(COCC2CC2)c1. The Hall–Kier alpha value is -1.13. The lowest BCUT2D eigenvalue weighted by Crippen LogP contribution is -1.98. The molecule has 2 rings (SSSR count). The summed E-state index contributed by atoms with van der Waals surface area (Å²) in [7, 11) is 0. The van der Waals surface area contributed by atoms with Gasteiger partial charge in [0.2, 0.25) is 0 Å². The Labute approximate surface area is 98.3 Å². The first-order chi connectivity index (χ1) is 7.66. The minimum Gasteiger partial charge on any atom is -0.376 e. The molecule has 0 amide bonds. The van der Waals surface area contributed by atoms with Crippen LogP contribution in [0.3, 0.4) is 0 Å². The zero-order valence-electron chi connectivity index (χ0n) is 8.69. The Morgan fingerprint density at radius 1 is 1.50 bits per heavy atom. The van der Waals surface area contributed by atoms with E-state index >= 15 is 0 Å². The largest absolute Gasteiger partial charge is 0.376 e. The zero-order valence-corrected chi connectivity index (χ0v) is 9.44. The molecule has 1 aromatic rings. The van der Waals surface area contributed by atoms with Crippen LogP contribution in [-0.2, 0) is 11.3 Å². The summed E-state index contributed by atoms with van der Waals surface area (Å²) in [5.74, 6) is 0.678. The molecule has 0 saturated heterocycles. The van der Waals surface area contributed by atoms with Crippen LogP contribution in [0, 0.1) is 16.0 Å². The standard InChI is InChI=1S/C11H12ClNO3/c12-11-4-3-10(13(14)15)5-9(11)7-16-6-8-1-2-8/h3-5,8H,1-2,6-7H2. The van der Waals surface area contributed by atoms with Crippen molar-refractivity contribution in [1.29, 1.82) is 0 Å². The highest BCUT2D eigenvalue weighted by molar-refractivity contribution is 6.31. The monoisotopic (exact) mass is 241 g/mol. The van der Waals surface area contributed by atoms with Crippen LogP contribution in [0.25, 0.3) is 0 Å². The van der Waals surface area contributed by atoms with Crippen LogP contribution in [-0.4, -0.2) is 11.5 Å². The molecule has 5 heteroatoms. The lowest BCUT2D eigenvalue weighted by atomic mass is 10.2. The Morgan fingerprint density at radius 3 is 2.88 bits per heavy atom. The van der Waals surface area contributed by atoms with Gasteiger partial charge in [-0.25, -0.2) is 0 Å². The van der Waals surface area contributed by atoms with Crippen molar-refractivity contribution in [3.63, 3.8) is 0 Å². The molecule has 1 aromatic carbocycles. The van der Waals surface area contributed by atoms with E-state index in [4.69, 9.17) is 16.3 Å². The third-order valence-corrected chi connectivity index (χ3v) is 2.92. The summed E-state index contributed by atoms with van der Waals surface area (Å²) >= 11 is 5.93. The summed E-state index contributed by atoms with van der Waals surface area (Å²) in [6, 6.07) is 4.40. The summed E-state index contributed by atoms with van der Waals surface area (Å²) < 4.78 is 5.45. The quantitative estimate of drug-likeness (QED) is 0.588. The second-order valence-electron chi connectivity index (χ2n) is 3.99. The highest BCUT2D eigenvalue weighted by Crippen LogP contribution is 2.29. The van der Waals surface area contributed by atoms with Gasteiger partial charge in [-0.2, -0.15) is 0 Å². The molecule has 0 N–H and O–H groups in total. The van der Waals surface area contributed by atoms with Crippen LogP contribution in [0.5, 0.6) is 0 Å². The van der Waals surface area contributed by atoms with Gasteiger partial charge in [-0.15, -0.1) is 0 Å². The Balaban J connectivity index is 1.99. The van der Waals surface area contributed by atoms with Gasteiger partial charge in [0, 0.05) is 29.3 Å². The first-order valence-electron chi connectivity index (χ1n) is 5.17. The van der Waals surface area contributed by atoms with E-state index in [1.165, 1.54) is 31.0 Å². The molecule has 16 heavy (non-hydrogen) atoms. The maximum absolute atomic E-state index is 10.6. The summed E-state index contributed by atoms with van der Waals surface area (Å²) in [5.41, 5.74) is 0.728. The number of nitro benzene ring substituents is 1. The highest BCUT2D eigenvalue weighted by Gasteiger charge is 2.21. The summed E-state index contributed by atoms with van der Waals surface area (Å²) in [5, 5.41) is 11.1. The highest BCUT2D eigenvalue weighted by atomic mass is 35.5. The van der Waals surface area contributed by atoms with Crippen molar-refractivity contribution in [2.45, 2.75) is 19.4 Å². The van der Waals surface area contributed by atoms with Crippen LogP contribution in [0.4, 0.5) is 5.69 Å². The van der Waals surface area contributed by atoms with Gasteiger partial charge in [0.1, 0.15) is 0 Å². The maximum atomic E-state index is 10.6. The third-order valence-electron chi connectivity index (χ3n) is 2.55. The van der Waals surface area contributed by atoms with Gasteiger partial charge in [0.05, 0.1) is 11.5 Å². The van der Waals surface area contributed by atoms with E-state index in [2.05, 4.69) is 0 Å². The van der Waals surface area contributed by atoms with Crippen molar-refractivity contribution in [3.05, 3.63) is 38.9 Å². The molecule has 0 heterocycles. The molecule has 4 nitrogen and oxygen atoms in total. The average molecular weight is 242 g/mol. The molecule has 1 aliphatic carbocycles. The third kappa shape index (κ3) is 2.93. The Kier molecular flexibility index (Phi) is 3.41. The van der Waals surface area contributed by atoms with Crippen molar-refractivity contribution in [1.82, 2.24) is 0 Å². The molecule has 1 saturated carbocycles. The molecule has 1 aliphatic rings. The number of halogens is 1. The number of benzene rings is 1. The normalized spacial score (nSPS) is 15.1. The van der Waals surface area contributed by atoms with Crippen molar-refractivity contribution < 1.29 is 9.66 Å². The van der Waals surface area contributed by atoms with Gasteiger partial charge in [0.15, 0.2) is 0 Å². The van der Waals surface area contributed by atoms with E-state index in [-0.39, 0.29) is 5.69 Å². The van der Waals surface area contributed by atoms with Gasteiger partial charge in [0.25, 0.3) is 5.69 Å². The molecule has 0 unspecified atom stereocenters. The van der Waals surface area contributed by atoms with Crippen LogP contribution in [0.1, 0.15) is 18.4 Å². The molecule has 0 aromatic heterocycles. The summed E-state index contributed by atoms with van der Waals surface area (Å²) in [6.07, 6.45) is 2.45. The number of ether oxygens (including phenoxy) is 1. The fourth-order valence-electron chi connectivity index (χ4n) is 1.41. The van der Waals surface area contributed by atoms with Crippen LogP contribution in [0.15, 0.2) is 18.2 Å².